The van der Waals surface area contributed by atoms with Gasteiger partial charge in [-0.25, -0.2) is 4.39 Å². The van der Waals surface area contributed by atoms with Crippen LogP contribution in [0.15, 0.2) is 41.3 Å². The second-order valence-electron chi connectivity index (χ2n) is 8.12. The SMILES string of the molecule is O=C(CO)N1CCc2c(cn(Cc3ccccc3)c(=O)c2C(=O)N2CCC(F)CC2)C1. The number of hydrogen-bond donors (Lipinski definition) is 1. The summed E-state index contributed by atoms with van der Waals surface area (Å²) in [6.45, 7) is 0.864. The summed E-state index contributed by atoms with van der Waals surface area (Å²) in [6.07, 6.45) is 1.71. The van der Waals surface area contributed by atoms with Crippen LogP contribution in [-0.4, -0.2) is 63.7 Å². The first kappa shape index (κ1) is 21.2. The molecule has 2 amide bonds. The normalized spacial score (nSPS) is 16.8. The van der Waals surface area contributed by atoms with Crippen LogP contribution in [0.1, 0.15) is 39.9 Å². The third-order valence-corrected chi connectivity index (χ3v) is 6.08. The first-order valence-corrected chi connectivity index (χ1v) is 10.6. The Hall–Kier alpha value is -3.00. The molecule has 1 N–H and O–H groups in total. The minimum Gasteiger partial charge on any atom is -0.387 e. The minimum absolute atomic E-state index is 0.127. The van der Waals surface area contributed by atoms with E-state index < -0.39 is 12.8 Å². The number of benzene rings is 1. The Morgan fingerprint density at radius 2 is 1.77 bits per heavy atom. The first-order chi connectivity index (χ1) is 15.0. The average molecular weight is 427 g/mol. The molecule has 164 valence electrons. The maximum Gasteiger partial charge on any atom is 0.264 e. The Morgan fingerprint density at radius 3 is 2.45 bits per heavy atom. The van der Waals surface area contributed by atoms with Crippen LogP contribution in [0.3, 0.4) is 0 Å². The molecule has 0 bridgehead atoms. The van der Waals surface area contributed by atoms with Crippen molar-refractivity contribution < 1.29 is 19.1 Å². The van der Waals surface area contributed by atoms with Gasteiger partial charge in [-0.05, 0) is 36.0 Å². The van der Waals surface area contributed by atoms with Crippen molar-refractivity contribution in [2.75, 3.05) is 26.2 Å². The average Bonchev–Trinajstić information content (AvgIpc) is 2.79. The van der Waals surface area contributed by atoms with Crippen molar-refractivity contribution in [1.82, 2.24) is 14.4 Å². The zero-order chi connectivity index (χ0) is 22.0. The minimum atomic E-state index is -0.915. The van der Waals surface area contributed by atoms with E-state index in [2.05, 4.69) is 0 Å². The van der Waals surface area contributed by atoms with Gasteiger partial charge in [-0.15, -0.1) is 0 Å². The zero-order valence-electron chi connectivity index (χ0n) is 17.3. The van der Waals surface area contributed by atoms with E-state index in [1.54, 1.807) is 11.1 Å². The molecule has 7 nitrogen and oxygen atoms in total. The van der Waals surface area contributed by atoms with Gasteiger partial charge in [-0.3, -0.25) is 14.4 Å². The number of amides is 2. The highest BCUT2D eigenvalue weighted by atomic mass is 19.1. The number of fused-ring (bicyclic) bond motifs is 1. The maximum atomic E-state index is 13.6. The summed E-state index contributed by atoms with van der Waals surface area (Å²) < 4.78 is 15.1. The van der Waals surface area contributed by atoms with Crippen LogP contribution < -0.4 is 5.56 Å². The number of carbonyl (C=O) groups is 2. The van der Waals surface area contributed by atoms with Gasteiger partial charge >= 0.3 is 0 Å². The van der Waals surface area contributed by atoms with Crippen molar-refractivity contribution in [3.8, 4) is 0 Å². The number of pyridine rings is 1. The Kier molecular flexibility index (Phi) is 6.18. The van der Waals surface area contributed by atoms with Crippen molar-refractivity contribution in [1.29, 1.82) is 0 Å². The molecule has 31 heavy (non-hydrogen) atoms. The summed E-state index contributed by atoms with van der Waals surface area (Å²) in [5.41, 5.74) is 2.06. The lowest BCUT2D eigenvalue weighted by molar-refractivity contribution is -0.135. The van der Waals surface area contributed by atoms with Gasteiger partial charge in [0.25, 0.3) is 11.5 Å². The molecule has 1 fully saturated rings. The van der Waals surface area contributed by atoms with Gasteiger partial charge in [0.2, 0.25) is 5.91 Å². The molecule has 0 saturated carbocycles. The summed E-state index contributed by atoms with van der Waals surface area (Å²) >= 11 is 0. The molecule has 0 radical (unpaired) electrons. The maximum absolute atomic E-state index is 13.6. The predicted molar refractivity (Wildman–Crippen MR) is 112 cm³/mol. The lowest BCUT2D eigenvalue weighted by Crippen LogP contribution is -2.45. The fourth-order valence-corrected chi connectivity index (χ4v) is 4.35. The second-order valence-corrected chi connectivity index (χ2v) is 8.12. The van der Waals surface area contributed by atoms with Crippen LogP contribution in [0.4, 0.5) is 4.39 Å². The molecule has 2 aromatic rings. The standard InChI is InChI=1S/C23H26FN3O4/c24-18-6-9-25(10-7-18)22(30)21-19-8-11-26(20(29)15-28)13-17(19)14-27(23(21)31)12-16-4-2-1-3-5-16/h1-5,14,18,28H,6-13,15H2. The van der Waals surface area contributed by atoms with Gasteiger partial charge in [0, 0.05) is 32.4 Å². The van der Waals surface area contributed by atoms with E-state index >= 15 is 0 Å². The fraction of sp³-hybridized carbons (Fsp3) is 0.435. The van der Waals surface area contributed by atoms with E-state index in [1.165, 1.54) is 9.47 Å². The summed E-state index contributed by atoms with van der Waals surface area (Å²) in [5.74, 6) is -0.748. The van der Waals surface area contributed by atoms with Crippen molar-refractivity contribution in [2.24, 2.45) is 0 Å². The number of nitrogens with zero attached hydrogens (tertiary/aromatic N) is 3. The van der Waals surface area contributed by atoms with Gasteiger partial charge in [0.15, 0.2) is 0 Å². The molecule has 2 aliphatic rings. The summed E-state index contributed by atoms with van der Waals surface area (Å²) in [6, 6.07) is 9.46. The quantitative estimate of drug-likeness (QED) is 0.799. The van der Waals surface area contributed by atoms with Gasteiger partial charge < -0.3 is 19.5 Å². The Balaban J connectivity index is 1.75. The first-order valence-electron chi connectivity index (χ1n) is 10.6. The Labute approximate surface area is 179 Å². The number of aliphatic hydroxyl groups is 1. The molecule has 0 aliphatic carbocycles. The molecule has 0 atom stereocenters. The third-order valence-electron chi connectivity index (χ3n) is 6.08. The number of carbonyl (C=O) groups excluding carboxylic acids is 2. The van der Waals surface area contributed by atoms with Crippen molar-refractivity contribution in [3.63, 3.8) is 0 Å². The van der Waals surface area contributed by atoms with E-state index in [0.717, 1.165) is 11.1 Å². The molecule has 0 spiro atoms. The third kappa shape index (κ3) is 4.39. The van der Waals surface area contributed by atoms with Crippen LogP contribution in [0, 0.1) is 0 Å². The summed E-state index contributed by atoms with van der Waals surface area (Å²) in [5, 5.41) is 9.23. The molecule has 1 aromatic carbocycles. The summed E-state index contributed by atoms with van der Waals surface area (Å²) in [4.78, 5) is 41.8. The smallest absolute Gasteiger partial charge is 0.264 e. The topological polar surface area (TPSA) is 82.8 Å². The number of aromatic nitrogens is 1. The lowest BCUT2D eigenvalue weighted by Gasteiger charge is -2.32. The molecule has 0 unspecified atom stereocenters. The Morgan fingerprint density at radius 1 is 1.06 bits per heavy atom. The van der Waals surface area contributed by atoms with Crippen molar-refractivity contribution >= 4 is 11.8 Å². The molecule has 1 aromatic heterocycles. The second kappa shape index (κ2) is 9.01. The fourth-order valence-electron chi connectivity index (χ4n) is 4.35. The largest absolute Gasteiger partial charge is 0.387 e. The van der Waals surface area contributed by atoms with Crippen LogP contribution in [0.5, 0.6) is 0 Å². The van der Waals surface area contributed by atoms with E-state index in [0.29, 0.717) is 25.1 Å². The van der Waals surface area contributed by atoms with Crippen molar-refractivity contribution in [3.05, 3.63) is 69.1 Å². The van der Waals surface area contributed by atoms with Crippen LogP contribution >= 0.6 is 0 Å². The van der Waals surface area contributed by atoms with Gasteiger partial charge in [0.05, 0.1) is 6.54 Å². The summed E-state index contributed by atoms with van der Waals surface area (Å²) in [7, 11) is 0. The molecular formula is C23H26FN3O4. The van der Waals surface area contributed by atoms with E-state index in [-0.39, 0.29) is 55.4 Å². The molecule has 3 heterocycles. The number of halogens is 1. The monoisotopic (exact) mass is 427 g/mol. The molecule has 1 saturated heterocycles. The molecular weight excluding hydrogens is 401 g/mol. The van der Waals surface area contributed by atoms with Crippen LogP contribution in [0.25, 0.3) is 0 Å². The number of piperidine rings is 1. The van der Waals surface area contributed by atoms with Crippen LogP contribution in [0.2, 0.25) is 0 Å². The van der Waals surface area contributed by atoms with E-state index in [9.17, 15) is 23.9 Å². The highest BCUT2D eigenvalue weighted by Crippen LogP contribution is 2.24. The predicted octanol–water partition coefficient (Wildman–Crippen LogP) is 1.35. The van der Waals surface area contributed by atoms with Gasteiger partial charge in [-0.2, -0.15) is 0 Å². The van der Waals surface area contributed by atoms with E-state index in [4.69, 9.17) is 0 Å². The number of aliphatic hydroxyl groups excluding tert-OH is 1. The number of rotatable bonds is 4. The number of hydrogen-bond acceptors (Lipinski definition) is 4. The highest BCUT2D eigenvalue weighted by molar-refractivity contribution is 5.96. The van der Waals surface area contributed by atoms with E-state index in [1.807, 2.05) is 30.3 Å². The van der Waals surface area contributed by atoms with Crippen LogP contribution in [-0.2, 0) is 24.3 Å². The molecule has 4 rings (SSSR count). The number of likely N-dealkylation sites (tertiary alicyclic amines) is 1. The van der Waals surface area contributed by atoms with Gasteiger partial charge in [0.1, 0.15) is 18.3 Å². The highest BCUT2D eigenvalue weighted by Gasteiger charge is 2.31. The molecule has 2 aliphatic heterocycles. The number of alkyl halides is 1. The molecule has 8 heteroatoms. The van der Waals surface area contributed by atoms with Gasteiger partial charge in [-0.1, -0.05) is 30.3 Å². The van der Waals surface area contributed by atoms with Crippen molar-refractivity contribution in [2.45, 2.75) is 38.5 Å². The lowest BCUT2D eigenvalue weighted by atomic mass is 9.95. The Bertz CT molecular complexity index is 1030. The zero-order valence-corrected chi connectivity index (χ0v) is 17.3.